The summed E-state index contributed by atoms with van der Waals surface area (Å²) in [5, 5.41) is 15.2. The van der Waals surface area contributed by atoms with Gasteiger partial charge in [0.2, 0.25) is 0 Å². The van der Waals surface area contributed by atoms with Gasteiger partial charge in [-0.2, -0.15) is 0 Å². The lowest BCUT2D eigenvalue weighted by Crippen LogP contribution is -2.28. The van der Waals surface area contributed by atoms with Gasteiger partial charge in [0, 0.05) is 12.2 Å². The van der Waals surface area contributed by atoms with Crippen molar-refractivity contribution in [3.05, 3.63) is 64.4 Å². The minimum absolute atomic E-state index is 0.120. The maximum Gasteiger partial charge on any atom is 0.148 e. The zero-order chi connectivity index (χ0) is 15.2. The molecule has 4 nitrogen and oxygen atoms in total. The number of halogens is 2. The Balaban J connectivity index is 2.15. The molecule has 0 aliphatic carbocycles. The number of nitrogens with zero attached hydrogens (tertiary/aromatic N) is 1. The molecule has 0 aromatic heterocycles. The fraction of sp³-hybridized carbons (Fsp3) is 0.133. The van der Waals surface area contributed by atoms with Gasteiger partial charge in [0.25, 0.3) is 0 Å². The van der Waals surface area contributed by atoms with Crippen molar-refractivity contribution in [3.8, 4) is 0 Å². The molecule has 0 aliphatic heterocycles. The molecular formula is C15H15BrFN3O. The summed E-state index contributed by atoms with van der Waals surface area (Å²) < 4.78 is 13.6. The molecule has 0 radical (unpaired) electrons. The average Bonchev–Trinajstić information content (AvgIpc) is 2.51. The lowest BCUT2D eigenvalue weighted by molar-refractivity contribution is 0.316. The van der Waals surface area contributed by atoms with Gasteiger partial charge in [-0.3, -0.25) is 0 Å². The normalized spacial score (nSPS) is 13.0. The molecule has 2 aromatic carbocycles. The average molecular weight is 352 g/mol. The predicted molar refractivity (Wildman–Crippen MR) is 85.2 cm³/mol. The topological polar surface area (TPSA) is 70.6 Å². The van der Waals surface area contributed by atoms with Crippen LogP contribution in [0.1, 0.15) is 11.5 Å². The summed E-state index contributed by atoms with van der Waals surface area (Å²) in [5.41, 5.74) is 7.44. The number of hydrogen-bond acceptors (Lipinski definition) is 3. The number of amidine groups is 1. The third kappa shape index (κ3) is 3.95. The first-order chi connectivity index (χ1) is 10.1. The van der Waals surface area contributed by atoms with Gasteiger partial charge in [-0.15, -0.1) is 0 Å². The van der Waals surface area contributed by atoms with E-state index >= 15 is 0 Å². The molecular weight excluding hydrogens is 337 g/mol. The Morgan fingerprint density at radius 2 is 2.00 bits per heavy atom. The highest BCUT2D eigenvalue weighted by Gasteiger charge is 2.16. The molecule has 0 saturated heterocycles. The number of hydrogen-bond donors (Lipinski definition) is 3. The fourth-order valence-electron chi connectivity index (χ4n) is 1.97. The molecule has 21 heavy (non-hydrogen) atoms. The predicted octanol–water partition coefficient (Wildman–Crippen LogP) is 3.53. The Kier molecular flexibility index (Phi) is 5.16. The number of benzene rings is 2. The molecule has 6 heteroatoms. The van der Waals surface area contributed by atoms with Crippen LogP contribution in [0.5, 0.6) is 0 Å². The SMILES string of the molecule is N/C(=N/O)C(CNc1ccc(F)c(Br)c1)c1ccccc1. The zero-order valence-electron chi connectivity index (χ0n) is 11.1. The molecule has 2 aromatic rings. The molecule has 0 fully saturated rings. The van der Waals surface area contributed by atoms with Crippen LogP contribution in [0.3, 0.4) is 0 Å². The minimum atomic E-state index is -0.323. The fourth-order valence-corrected chi connectivity index (χ4v) is 2.35. The van der Waals surface area contributed by atoms with E-state index in [1.807, 2.05) is 30.3 Å². The Labute approximate surface area is 130 Å². The van der Waals surface area contributed by atoms with E-state index < -0.39 is 0 Å². The van der Waals surface area contributed by atoms with E-state index in [2.05, 4.69) is 26.4 Å². The minimum Gasteiger partial charge on any atom is -0.409 e. The Bertz CT molecular complexity index is 634. The van der Waals surface area contributed by atoms with Crippen LogP contribution >= 0.6 is 15.9 Å². The van der Waals surface area contributed by atoms with Crippen LogP contribution in [0, 0.1) is 5.82 Å². The first kappa shape index (κ1) is 15.3. The highest BCUT2D eigenvalue weighted by molar-refractivity contribution is 9.10. The van der Waals surface area contributed by atoms with E-state index in [0.717, 1.165) is 11.3 Å². The number of nitrogens with two attached hydrogens (primary N) is 1. The molecule has 4 N–H and O–H groups in total. The van der Waals surface area contributed by atoms with Crippen molar-refractivity contribution < 1.29 is 9.60 Å². The van der Waals surface area contributed by atoms with Crippen molar-refractivity contribution in [2.75, 3.05) is 11.9 Å². The van der Waals surface area contributed by atoms with Gasteiger partial charge >= 0.3 is 0 Å². The third-order valence-corrected chi connectivity index (χ3v) is 3.71. The maximum absolute atomic E-state index is 13.2. The molecule has 0 spiro atoms. The molecule has 0 bridgehead atoms. The molecule has 0 heterocycles. The first-order valence-electron chi connectivity index (χ1n) is 6.33. The molecule has 0 amide bonds. The van der Waals surface area contributed by atoms with Gasteiger partial charge < -0.3 is 16.3 Å². The van der Waals surface area contributed by atoms with E-state index in [-0.39, 0.29) is 17.6 Å². The van der Waals surface area contributed by atoms with Crippen molar-refractivity contribution in [2.45, 2.75) is 5.92 Å². The highest BCUT2D eigenvalue weighted by Crippen LogP contribution is 2.22. The number of rotatable bonds is 5. The van der Waals surface area contributed by atoms with Crippen molar-refractivity contribution in [1.82, 2.24) is 0 Å². The monoisotopic (exact) mass is 351 g/mol. The maximum atomic E-state index is 13.2. The summed E-state index contributed by atoms with van der Waals surface area (Å²) in [4.78, 5) is 0. The van der Waals surface area contributed by atoms with E-state index in [4.69, 9.17) is 10.9 Å². The summed E-state index contributed by atoms with van der Waals surface area (Å²) in [7, 11) is 0. The van der Waals surface area contributed by atoms with Crippen molar-refractivity contribution in [1.29, 1.82) is 0 Å². The summed E-state index contributed by atoms with van der Waals surface area (Å²) in [5.74, 6) is -0.480. The molecule has 0 aliphatic rings. The molecule has 110 valence electrons. The van der Waals surface area contributed by atoms with Gasteiger partial charge in [0.1, 0.15) is 11.7 Å². The Morgan fingerprint density at radius 1 is 1.29 bits per heavy atom. The van der Waals surface area contributed by atoms with E-state index in [9.17, 15) is 4.39 Å². The largest absolute Gasteiger partial charge is 0.409 e. The van der Waals surface area contributed by atoms with Crippen LogP contribution in [0.4, 0.5) is 10.1 Å². The lowest BCUT2D eigenvalue weighted by atomic mass is 9.98. The van der Waals surface area contributed by atoms with Gasteiger partial charge in [-0.05, 0) is 39.7 Å². The Morgan fingerprint density at radius 3 is 2.62 bits per heavy atom. The summed E-state index contributed by atoms with van der Waals surface area (Å²) in [6.07, 6.45) is 0. The van der Waals surface area contributed by atoms with Crippen LogP contribution in [-0.2, 0) is 0 Å². The molecule has 2 rings (SSSR count). The smallest absolute Gasteiger partial charge is 0.148 e. The Hall–Kier alpha value is -2.08. The second-order valence-corrected chi connectivity index (χ2v) is 5.35. The van der Waals surface area contributed by atoms with Crippen LogP contribution in [0.25, 0.3) is 0 Å². The van der Waals surface area contributed by atoms with Gasteiger partial charge in [0.15, 0.2) is 0 Å². The second-order valence-electron chi connectivity index (χ2n) is 4.50. The standard InChI is InChI=1S/C15H15BrFN3O/c16-13-8-11(6-7-14(13)17)19-9-12(15(18)20-21)10-4-2-1-3-5-10/h1-8,12,19,21H,9H2,(H2,18,20). The van der Waals surface area contributed by atoms with Crippen LogP contribution in [0.15, 0.2) is 58.2 Å². The summed E-state index contributed by atoms with van der Waals surface area (Å²) in [6.45, 7) is 0.429. The molecule has 0 saturated carbocycles. The van der Waals surface area contributed by atoms with Crippen molar-refractivity contribution in [3.63, 3.8) is 0 Å². The summed E-state index contributed by atoms with van der Waals surface area (Å²) >= 11 is 3.14. The third-order valence-electron chi connectivity index (χ3n) is 3.10. The van der Waals surface area contributed by atoms with Gasteiger partial charge in [0.05, 0.1) is 10.4 Å². The van der Waals surface area contributed by atoms with E-state index in [1.54, 1.807) is 12.1 Å². The summed E-state index contributed by atoms with van der Waals surface area (Å²) in [6, 6.07) is 14.1. The number of nitrogens with one attached hydrogen (secondary N) is 1. The highest BCUT2D eigenvalue weighted by atomic mass is 79.9. The van der Waals surface area contributed by atoms with Crippen LogP contribution in [-0.4, -0.2) is 17.6 Å². The number of oxime groups is 1. The lowest BCUT2D eigenvalue weighted by Gasteiger charge is -2.17. The zero-order valence-corrected chi connectivity index (χ0v) is 12.7. The quantitative estimate of drug-likeness (QED) is 0.334. The first-order valence-corrected chi connectivity index (χ1v) is 7.12. The van der Waals surface area contributed by atoms with E-state index in [0.29, 0.717) is 11.0 Å². The van der Waals surface area contributed by atoms with E-state index in [1.165, 1.54) is 6.07 Å². The van der Waals surface area contributed by atoms with Gasteiger partial charge in [-0.1, -0.05) is 35.5 Å². The molecule has 1 atom stereocenters. The van der Waals surface area contributed by atoms with Crippen molar-refractivity contribution >= 4 is 27.5 Å². The number of anilines is 1. The molecule has 1 unspecified atom stereocenters. The van der Waals surface area contributed by atoms with Gasteiger partial charge in [-0.25, -0.2) is 4.39 Å². The van der Waals surface area contributed by atoms with Crippen LogP contribution in [0.2, 0.25) is 0 Å². The second kappa shape index (κ2) is 7.08. The van der Waals surface area contributed by atoms with Crippen LogP contribution < -0.4 is 11.1 Å². The van der Waals surface area contributed by atoms with Crippen molar-refractivity contribution in [2.24, 2.45) is 10.9 Å².